The van der Waals surface area contributed by atoms with Gasteiger partial charge in [-0.1, -0.05) is 0 Å². The molecule has 0 saturated carbocycles. The number of rotatable bonds is 6. The van der Waals surface area contributed by atoms with E-state index in [-0.39, 0.29) is 18.7 Å². The lowest BCUT2D eigenvalue weighted by atomic mass is 10.0. The molecular weight excluding hydrogens is 386 g/mol. The van der Waals surface area contributed by atoms with Gasteiger partial charge in [-0.25, -0.2) is 0 Å². The highest BCUT2D eigenvalue weighted by Crippen LogP contribution is 2.29. The molecule has 1 aromatic carbocycles. The molecule has 160 valence electrons. The van der Waals surface area contributed by atoms with Gasteiger partial charge in [-0.3, -0.25) is 29.4 Å². The summed E-state index contributed by atoms with van der Waals surface area (Å²) in [5.74, 6) is -1.94. The van der Waals surface area contributed by atoms with Gasteiger partial charge >= 0.3 is 0 Å². The molecule has 30 heavy (non-hydrogen) atoms. The van der Waals surface area contributed by atoms with Gasteiger partial charge in [0, 0.05) is 31.7 Å². The summed E-state index contributed by atoms with van der Waals surface area (Å²) in [6, 6.07) is 4.16. The van der Waals surface area contributed by atoms with Crippen LogP contribution in [0, 0.1) is 0 Å². The molecule has 9 heteroatoms. The number of hydrogen-bond donors (Lipinski definition) is 3. The van der Waals surface area contributed by atoms with E-state index in [0.717, 1.165) is 62.7 Å². The summed E-state index contributed by atoms with van der Waals surface area (Å²) < 4.78 is 0. The maximum atomic E-state index is 12.9. The number of anilines is 1. The third kappa shape index (κ3) is 4.22. The Morgan fingerprint density at radius 1 is 1.03 bits per heavy atom. The highest BCUT2D eigenvalue weighted by atomic mass is 16.2. The molecule has 2 saturated heterocycles. The Balaban J connectivity index is 1.36. The number of hydrogen-bond acceptors (Lipinski definition) is 7. The van der Waals surface area contributed by atoms with E-state index in [0.29, 0.717) is 11.1 Å². The van der Waals surface area contributed by atoms with Gasteiger partial charge in [0.2, 0.25) is 11.8 Å². The lowest BCUT2D eigenvalue weighted by Gasteiger charge is -2.27. The van der Waals surface area contributed by atoms with E-state index < -0.39 is 23.8 Å². The predicted octanol–water partition coefficient (Wildman–Crippen LogP) is 0.185. The summed E-state index contributed by atoms with van der Waals surface area (Å²) in [5, 5.41) is 8.93. The second-order valence-electron chi connectivity index (χ2n) is 7.93. The molecule has 0 radical (unpaired) electrons. The molecule has 4 amide bonds. The van der Waals surface area contributed by atoms with Crippen molar-refractivity contribution in [3.8, 4) is 0 Å². The Labute approximate surface area is 175 Å². The van der Waals surface area contributed by atoms with E-state index in [9.17, 15) is 19.2 Å². The Bertz CT molecular complexity index is 863. The molecule has 0 bridgehead atoms. The third-order valence-electron chi connectivity index (χ3n) is 5.85. The maximum absolute atomic E-state index is 12.9. The second kappa shape index (κ2) is 8.93. The number of fused-ring (bicyclic) bond motifs is 1. The number of imide groups is 2. The quantitative estimate of drug-likeness (QED) is 0.451. The van der Waals surface area contributed by atoms with E-state index in [1.807, 2.05) is 0 Å². The maximum Gasteiger partial charge on any atom is 0.262 e. The first-order valence-corrected chi connectivity index (χ1v) is 10.6. The van der Waals surface area contributed by atoms with E-state index in [2.05, 4.69) is 20.9 Å². The number of amides is 4. The molecule has 3 aliphatic heterocycles. The SMILES string of the molecule is O=C1CCC(N2C(=O)c3ccc(NCCCN4CCCNCC4)cc3C2=O)C(=O)N1. The highest BCUT2D eigenvalue weighted by Gasteiger charge is 2.44. The zero-order valence-electron chi connectivity index (χ0n) is 16.9. The lowest BCUT2D eigenvalue weighted by Crippen LogP contribution is -2.54. The van der Waals surface area contributed by atoms with Crippen LogP contribution in [0.2, 0.25) is 0 Å². The molecule has 3 N–H and O–H groups in total. The molecular formula is C21H27N5O4. The normalized spacial score (nSPS) is 22.7. The van der Waals surface area contributed by atoms with Crippen molar-refractivity contribution in [3.63, 3.8) is 0 Å². The molecule has 1 unspecified atom stereocenters. The predicted molar refractivity (Wildman–Crippen MR) is 110 cm³/mol. The van der Waals surface area contributed by atoms with E-state index in [1.54, 1.807) is 18.2 Å². The fraction of sp³-hybridized carbons (Fsp3) is 0.524. The summed E-state index contributed by atoms with van der Waals surface area (Å²) in [7, 11) is 0. The molecule has 0 spiro atoms. The largest absolute Gasteiger partial charge is 0.385 e. The van der Waals surface area contributed by atoms with Crippen molar-refractivity contribution in [1.82, 2.24) is 20.4 Å². The molecule has 3 heterocycles. The Kier molecular flexibility index (Phi) is 6.10. The minimum absolute atomic E-state index is 0.115. The van der Waals surface area contributed by atoms with Crippen molar-refractivity contribution in [1.29, 1.82) is 0 Å². The van der Waals surface area contributed by atoms with Gasteiger partial charge in [0.25, 0.3) is 11.8 Å². The third-order valence-corrected chi connectivity index (χ3v) is 5.85. The Morgan fingerprint density at radius 2 is 1.87 bits per heavy atom. The minimum atomic E-state index is -0.936. The second-order valence-corrected chi connectivity index (χ2v) is 7.93. The fourth-order valence-electron chi connectivity index (χ4n) is 4.24. The number of benzene rings is 1. The number of nitrogens with zero attached hydrogens (tertiary/aromatic N) is 2. The van der Waals surface area contributed by atoms with E-state index in [1.165, 1.54) is 0 Å². The summed E-state index contributed by atoms with van der Waals surface area (Å²) in [6.07, 6.45) is 2.42. The van der Waals surface area contributed by atoms with Crippen LogP contribution in [0.15, 0.2) is 18.2 Å². The van der Waals surface area contributed by atoms with Crippen LogP contribution in [-0.4, -0.2) is 78.7 Å². The summed E-state index contributed by atoms with van der Waals surface area (Å²) in [4.78, 5) is 52.5. The Hall–Kier alpha value is -2.78. The van der Waals surface area contributed by atoms with Crippen molar-refractivity contribution >= 4 is 29.3 Å². The van der Waals surface area contributed by atoms with Crippen molar-refractivity contribution in [2.45, 2.75) is 31.7 Å². The molecule has 2 fully saturated rings. The number of carbonyl (C=O) groups excluding carboxylic acids is 4. The first-order valence-electron chi connectivity index (χ1n) is 10.6. The fourth-order valence-corrected chi connectivity index (χ4v) is 4.24. The van der Waals surface area contributed by atoms with Crippen LogP contribution < -0.4 is 16.0 Å². The molecule has 9 nitrogen and oxygen atoms in total. The Morgan fingerprint density at radius 3 is 2.70 bits per heavy atom. The lowest BCUT2D eigenvalue weighted by molar-refractivity contribution is -0.136. The van der Waals surface area contributed by atoms with Gasteiger partial charge in [-0.2, -0.15) is 0 Å². The zero-order valence-corrected chi connectivity index (χ0v) is 16.9. The van der Waals surface area contributed by atoms with Gasteiger partial charge in [-0.05, 0) is 57.1 Å². The van der Waals surface area contributed by atoms with Crippen LogP contribution in [-0.2, 0) is 9.59 Å². The number of carbonyl (C=O) groups is 4. The molecule has 0 aromatic heterocycles. The van der Waals surface area contributed by atoms with Crippen LogP contribution in [0.1, 0.15) is 46.4 Å². The van der Waals surface area contributed by atoms with Crippen LogP contribution >= 0.6 is 0 Å². The molecule has 1 aromatic rings. The topological polar surface area (TPSA) is 111 Å². The van der Waals surface area contributed by atoms with Crippen LogP contribution in [0.25, 0.3) is 0 Å². The molecule has 4 rings (SSSR count). The van der Waals surface area contributed by atoms with Gasteiger partial charge in [0.1, 0.15) is 6.04 Å². The van der Waals surface area contributed by atoms with Gasteiger partial charge < -0.3 is 15.5 Å². The monoisotopic (exact) mass is 413 g/mol. The highest BCUT2D eigenvalue weighted by molar-refractivity contribution is 6.23. The van der Waals surface area contributed by atoms with E-state index in [4.69, 9.17) is 0 Å². The van der Waals surface area contributed by atoms with E-state index >= 15 is 0 Å². The van der Waals surface area contributed by atoms with Gasteiger partial charge in [-0.15, -0.1) is 0 Å². The average Bonchev–Trinajstić information content (AvgIpc) is 2.90. The summed E-state index contributed by atoms with van der Waals surface area (Å²) in [6.45, 7) is 6.05. The molecule has 0 aliphatic carbocycles. The first-order chi connectivity index (χ1) is 14.5. The molecule has 1 atom stereocenters. The van der Waals surface area contributed by atoms with Crippen molar-refractivity contribution in [2.75, 3.05) is 44.6 Å². The van der Waals surface area contributed by atoms with Crippen molar-refractivity contribution in [2.24, 2.45) is 0 Å². The standard InChI is InChI=1S/C21H27N5O4/c27-18-6-5-17(19(28)24-18)26-20(29)15-4-3-14(13-16(15)21(26)30)23-8-2-11-25-10-1-7-22-9-12-25/h3-4,13,17,22-23H,1-2,5-12H2,(H,24,27,28). The number of nitrogens with one attached hydrogen (secondary N) is 3. The molecule has 3 aliphatic rings. The van der Waals surface area contributed by atoms with Crippen molar-refractivity contribution in [3.05, 3.63) is 29.3 Å². The average molecular weight is 413 g/mol. The minimum Gasteiger partial charge on any atom is -0.385 e. The number of piperidine rings is 1. The summed E-state index contributed by atoms with van der Waals surface area (Å²) in [5.41, 5.74) is 1.37. The van der Waals surface area contributed by atoms with Gasteiger partial charge in [0.15, 0.2) is 0 Å². The van der Waals surface area contributed by atoms with Crippen LogP contribution in [0.4, 0.5) is 5.69 Å². The first kappa shape index (κ1) is 20.5. The van der Waals surface area contributed by atoms with Crippen LogP contribution in [0.3, 0.4) is 0 Å². The zero-order chi connectivity index (χ0) is 21.1. The van der Waals surface area contributed by atoms with Crippen LogP contribution in [0.5, 0.6) is 0 Å². The van der Waals surface area contributed by atoms with Crippen molar-refractivity contribution < 1.29 is 19.2 Å². The smallest absolute Gasteiger partial charge is 0.262 e. The summed E-state index contributed by atoms with van der Waals surface area (Å²) >= 11 is 0. The van der Waals surface area contributed by atoms with Gasteiger partial charge in [0.05, 0.1) is 11.1 Å².